The second-order valence-corrected chi connectivity index (χ2v) is 12.7. The van der Waals surface area contributed by atoms with Gasteiger partial charge in [-0.05, 0) is 84.8 Å². The maximum atomic E-state index is 12.0. The molecule has 0 radical (unpaired) electrons. The number of ether oxygens (including phenoxy) is 4. The summed E-state index contributed by atoms with van der Waals surface area (Å²) < 4.78 is 19.4. The van der Waals surface area contributed by atoms with Gasteiger partial charge in [-0.1, -0.05) is 48.5 Å². The Morgan fingerprint density at radius 2 is 0.879 bits per heavy atom. The van der Waals surface area contributed by atoms with Crippen LogP contribution in [0.2, 0.25) is 0 Å². The van der Waals surface area contributed by atoms with Crippen LogP contribution in [-0.4, -0.2) is 136 Å². The molecule has 2 aromatic rings. The zero-order chi connectivity index (χ0) is 52.5. The summed E-state index contributed by atoms with van der Waals surface area (Å²) in [6.45, 7) is 17.8. The Morgan fingerprint density at radius 3 is 1.15 bits per heavy atom. The van der Waals surface area contributed by atoms with Crippen LogP contribution in [0.15, 0.2) is 48.5 Å². The highest BCUT2D eigenvalue weighted by Gasteiger charge is 2.29. The predicted octanol–water partition coefficient (Wildman–Crippen LogP) is 2.04. The summed E-state index contributed by atoms with van der Waals surface area (Å²) in [5, 5.41) is 25.1. The molecule has 1 aliphatic carbocycles. The minimum Gasteiger partial charge on any atom is -0.481 e. The van der Waals surface area contributed by atoms with Gasteiger partial charge in [0.2, 0.25) is 17.7 Å². The van der Waals surface area contributed by atoms with Crippen molar-refractivity contribution < 1.29 is 72.3 Å². The van der Waals surface area contributed by atoms with Gasteiger partial charge in [0, 0.05) is 40.7 Å². The normalized spacial score (nSPS) is 11.4. The predicted molar refractivity (Wildman–Crippen MR) is 249 cm³/mol. The highest BCUT2D eigenvalue weighted by molar-refractivity contribution is 5.83. The summed E-state index contributed by atoms with van der Waals surface area (Å²) in [5.74, 6) is -3.63. The van der Waals surface area contributed by atoms with Crippen molar-refractivity contribution >= 4 is 53.7 Å². The van der Waals surface area contributed by atoms with Crippen LogP contribution in [0.25, 0.3) is 11.1 Å². The van der Waals surface area contributed by atoms with Crippen LogP contribution < -0.4 is 38.5 Å². The SMILES string of the molecule is CC(=O)NC(C)C(=O)O.CC(=O)O.CCOC(=O)C(C)N.CCOC(=O)C(C)NC(=O)OCC1c2ccccc2-c2ccccc21.CCOC(=O)C(C)NC(C)=O.CN.CN.CNC(C)=O. The maximum absolute atomic E-state index is 12.0. The van der Waals surface area contributed by atoms with Crippen molar-refractivity contribution in [3.05, 3.63) is 59.7 Å². The van der Waals surface area contributed by atoms with Gasteiger partial charge in [-0.3, -0.25) is 28.8 Å². The Bertz CT molecular complexity index is 1690. The van der Waals surface area contributed by atoms with E-state index in [2.05, 4.69) is 66.5 Å². The van der Waals surface area contributed by atoms with E-state index in [0.717, 1.165) is 18.1 Å². The van der Waals surface area contributed by atoms with Gasteiger partial charge in [-0.2, -0.15) is 0 Å². The number of hydrogen-bond donors (Lipinski definition) is 9. The second kappa shape index (κ2) is 42.3. The highest BCUT2D eigenvalue weighted by atomic mass is 16.6. The fraction of sp³-hybridized carbons (Fsp3) is 0.523. The van der Waals surface area contributed by atoms with Crippen molar-refractivity contribution in [3.63, 3.8) is 0 Å². The first-order chi connectivity index (χ1) is 30.9. The molecule has 0 aromatic heterocycles. The third kappa shape index (κ3) is 35.8. The van der Waals surface area contributed by atoms with Gasteiger partial charge in [0.05, 0.1) is 19.8 Å². The minimum absolute atomic E-state index is 0.00366. The van der Waals surface area contributed by atoms with E-state index < -0.39 is 54.1 Å². The molecule has 0 fully saturated rings. The van der Waals surface area contributed by atoms with E-state index in [1.54, 1.807) is 48.6 Å². The third-order valence-corrected chi connectivity index (χ3v) is 7.18. The summed E-state index contributed by atoms with van der Waals surface area (Å²) >= 11 is 0. The molecular weight excluding hydrogens is 867 g/mol. The van der Waals surface area contributed by atoms with E-state index in [9.17, 15) is 38.4 Å². The quantitative estimate of drug-likeness (QED) is 0.109. The number of alkyl carbamates (subject to hydrolysis) is 1. The Hall–Kier alpha value is -6.65. The van der Waals surface area contributed by atoms with Gasteiger partial charge in [0.25, 0.3) is 5.97 Å². The van der Waals surface area contributed by atoms with Crippen molar-refractivity contribution in [1.29, 1.82) is 0 Å². The molecule has 2 aromatic carbocycles. The molecule has 12 N–H and O–H groups in total. The molecule has 0 saturated carbocycles. The van der Waals surface area contributed by atoms with Crippen molar-refractivity contribution in [2.45, 2.75) is 106 Å². The molecule has 0 bridgehead atoms. The van der Waals surface area contributed by atoms with E-state index in [-0.39, 0.29) is 42.8 Å². The summed E-state index contributed by atoms with van der Waals surface area (Å²) in [5.41, 5.74) is 18.8. The molecule has 1 aliphatic rings. The smallest absolute Gasteiger partial charge is 0.407 e. The fourth-order valence-electron chi connectivity index (χ4n) is 4.41. The number of aliphatic carboxylic acids is 2. The van der Waals surface area contributed by atoms with Gasteiger partial charge >= 0.3 is 30.0 Å². The molecule has 4 unspecified atom stereocenters. The lowest BCUT2D eigenvalue weighted by atomic mass is 9.98. The number of fused-ring (bicyclic) bond motifs is 3. The number of carbonyl (C=O) groups excluding carboxylic acids is 7. The zero-order valence-electron chi connectivity index (χ0n) is 40.8. The molecule has 0 saturated heterocycles. The minimum atomic E-state index is -1.02. The van der Waals surface area contributed by atoms with Crippen LogP contribution in [0.5, 0.6) is 0 Å². The number of nitrogens with one attached hydrogen (secondary N) is 4. The van der Waals surface area contributed by atoms with Crippen molar-refractivity contribution in [3.8, 4) is 11.1 Å². The summed E-state index contributed by atoms with van der Waals surface area (Å²) in [6, 6.07) is 13.7. The maximum Gasteiger partial charge on any atom is 0.407 e. The zero-order valence-corrected chi connectivity index (χ0v) is 40.8. The molecular formula is C44H75N7O15. The molecule has 22 heteroatoms. The van der Waals surface area contributed by atoms with Gasteiger partial charge in [-0.15, -0.1) is 0 Å². The standard InChI is InChI=1S/C20H21NO4.C7H13NO3.C5H9NO3.C5H11NO2.C3H7NO.C2H4O2.2CH5N/c1-3-24-19(22)13(2)21-20(23)25-12-18-16-10-6-4-8-14(16)15-9-5-7-11-17(15)18;1-4-11-7(10)5(2)8-6(3)9;1-3(5(8)9)6-4(2)7;1-3-8-5(7)4(2)6;1-3(5)4-2;1-2(3)4;2*1-2/h4-11,13,18H,3,12H2,1-2H3,(H,21,23);5H,4H2,1-3H3,(H,8,9);3H,1-2H3,(H,6,7)(H,8,9);4H,3,6H2,1-2H3;1-2H3,(H,4,5);1H3,(H,3,4);2*2H2,1H3. The van der Waals surface area contributed by atoms with Gasteiger partial charge in [-0.25, -0.2) is 14.4 Å². The van der Waals surface area contributed by atoms with E-state index in [4.69, 9.17) is 30.2 Å². The van der Waals surface area contributed by atoms with Crippen molar-refractivity contribution in [2.24, 2.45) is 17.2 Å². The molecule has 22 nitrogen and oxygen atoms in total. The van der Waals surface area contributed by atoms with Crippen LogP contribution in [0, 0.1) is 0 Å². The van der Waals surface area contributed by atoms with Gasteiger partial charge < -0.3 is 67.6 Å². The number of nitrogens with two attached hydrogens (primary N) is 3. The van der Waals surface area contributed by atoms with E-state index >= 15 is 0 Å². The van der Waals surface area contributed by atoms with Gasteiger partial charge in [0.1, 0.15) is 30.8 Å². The lowest BCUT2D eigenvalue weighted by Gasteiger charge is -2.16. The van der Waals surface area contributed by atoms with Gasteiger partial charge in [0.15, 0.2) is 0 Å². The molecule has 0 aliphatic heterocycles. The van der Waals surface area contributed by atoms with Crippen molar-refractivity contribution in [2.75, 3.05) is 47.6 Å². The number of carboxylic acids is 2. The Labute approximate surface area is 388 Å². The monoisotopic (exact) mass is 942 g/mol. The number of hydrogen-bond acceptors (Lipinski definition) is 16. The Morgan fingerprint density at radius 1 is 0.561 bits per heavy atom. The summed E-state index contributed by atoms with van der Waals surface area (Å²) in [4.78, 5) is 94.2. The molecule has 0 spiro atoms. The average molecular weight is 942 g/mol. The summed E-state index contributed by atoms with van der Waals surface area (Å²) in [7, 11) is 4.60. The number of rotatable bonds is 12. The van der Waals surface area contributed by atoms with Crippen LogP contribution >= 0.6 is 0 Å². The third-order valence-electron chi connectivity index (χ3n) is 7.18. The van der Waals surface area contributed by atoms with Crippen LogP contribution in [0.4, 0.5) is 4.79 Å². The second-order valence-electron chi connectivity index (χ2n) is 12.7. The lowest BCUT2D eigenvalue weighted by molar-refractivity contribution is -0.146. The molecule has 4 atom stereocenters. The number of amides is 4. The number of carbonyl (C=O) groups is 9. The largest absolute Gasteiger partial charge is 0.481 e. The topological polar surface area (TPSA) is 357 Å². The molecule has 66 heavy (non-hydrogen) atoms. The molecule has 0 heterocycles. The first-order valence-corrected chi connectivity index (χ1v) is 20.6. The Kier molecular flexibility index (Phi) is 43.9. The van der Waals surface area contributed by atoms with E-state index in [0.29, 0.717) is 13.2 Å². The van der Waals surface area contributed by atoms with E-state index in [1.807, 2.05) is 24.3 Å². The Balaban J connectivity index is -0.000000253. The first-order valence-electron chi connectivity index (χ1n) is 20.6. The highest BCUT2D eigenvalue weighted by Crippen LogP contribution is 2.44. The fourth-order valence-corrected chi connectivity index (χ4v) is 4.41. The lowest BCUT2D eigenvalue weighted by Crippen LogP contribution is -2.40. The molecule has 376 valence electrons. The number of esters is 3. The van der Waals surface area contributed by atoms with Crippen LogP contribution in [-0.2, 0) is 57.3 Å². The number of benzene rings is 2. The van der Waals surface area contributed by atoms with E-state index in [1.165, 1.54) is 52.9 Å². The van der Waals surface area contributed by atoms with Crippen LogP contribution in [0.3, 0.4) is 0 Å². The van der Waals surface area contributed by atoms with Crippen LogP contribution in [0.1, 0.15) is 93.2 Å². The molecule has 4 amide bonds. The number of carboxylic acid groups (broad SMARTS) is 2. The van der Waals surface area contributed by atoms with Crippen molar-refractivity contribution in [1.82, 2.24) is 21.3 Å². The molecule has 3 rings (SSSR count). The first kappa shape index (κ1) is 68.4. The average Bonchev–Trinajstić information content (AvgIpc) is 3.58. The summed E-state index contributed by atoms with van der Waals surface area (Å²) in [6.07, 6.45) is -0.623.